The summed E-state index contributed by atoms with van der Waals surface area (Å²) >= 11 is 10.6. The van der Waals surface area contributed by atoms with Gasteiger partial charge in [-0.25, -0.2) is 0 Å². The number of hydrogen-bond acceptors (Lipinski definition) is 3. The third-order valence-electron chi connectivity index (χ3n) is 0.942. The van der Waals surface area contributed by atoms with Gasteiger partial charge in [0.25, 0.3) is 0 Å². The summed E-state index contributed by atoms with van der Waals surface area (Å²) in [6, 6.07) is 0. The molecule has 0 aliphatic heterocycles. The Balaban J connectivity index is 0.000000423. The molecule has 1 heterocycles. The van der Waals surface area contributed by atoms with Gasteiger partial charge in [-0.15, -0.1) is 11.3 Å². The number of quaternary nitrogens is 1. The number of nitrogens with one attached hydrogen (secondary N) is 1. The van der Waals surface area contributed by atoms with Gasteiger partial charge in [0.05, 0.1) is 44.7 Å². The standard InChI is InChI=1S/C5HBr3O2S.C3H9N/c6-1-2(7)4(8)11-3(1)5(9)10;1-4(2)3/h(H,9,10);1-3H3. The van der Waals surface area contributed by atoms with Crippen LogP contribution in [0.5, 0.6) is 0 Å². The Morgan fingerprint density at radius 2 is 1.60 bits per heavy atom. The lowest BCUT2D eigenvalue weighted by molar-refractivity contribution is -0.836. The van der Waals surface area contributed by atoms with E-state index in [1.165, 1.54) is 4.90 Å². The van der Waals surface area contributed by atoms with Gasteiger partial charge in [-0.2, -0.15) is 0 Å². The van der Waals surface area contributed by atoms with Gasteiger partial charge in [0.1, 0.15) is 0 Å². The molecule has 1 aromatic rings. The Hall–Kier alpha value is 0.570. The van der Waals surface area contributed by atoms with E-state index in [0.29, 0.717) is 8.95 Å². The topological polar surface area (TPSA) is 44.6 Å². The molecule has 0 aliphatic carbocycles. The SMILES string of the molecule is C[NH+](C)C.O=C([O-])c1sc(Br)c(Br)c1Br. The van der Waals surface area contributed by atoms with Crippen molar-refractivity contribution in [3.05, 3.63) is 17.6 Å². The summed E-state index contributed by atoms with van der Waals surface area (Å²) in [4.78, 5) is 12.0. The minimum Gasteiger partial charge on any atom is -0.544 e. The predicted molar refractivity (Wildman–Crippen MR) is 70.5 cm³/mol. The lowest BCUT2D eigenvalue weighted by Gasteiger charge is -1.96. The molecule has 0 unspecified atom stereocenters. The molecular formula is C8H10Br3NO2S. The van der Waals surface area contributed by atoms with E-state index in [-0.39, 0.29) is 4.88 Å². The molecule has 0 amide bonds. The van der Waals surface area contributed by atoms with Crippen LogP contribution >= 0.6 is 59.1 Å². The van der Waals surface area contributed by atoms with Gasteiger partial charge in [0, 0.05) is 0 Å². The highest BCUT2D eigenvalue weighted by Crippen LogP contribution is 2.40. The van der Waals surface area contributed by atoms with Crippen molar-refractivity contribution in [1.29, 1.82) is 0 Å². The van der Waals surface area contributed by atoms with Gasteiger partial charge in [-0.1, -0.05) is 0 Å². The number of carboxylic acids is 1. The molecule has 7 heteroatoms. The first-order valence-corrected chi connectivity index (χ1v) is 7.08. The summed E-state index contributed by atoms with van der Waals surface area (Å²) in [5, 5.41) is 10.4. The summed E-state index contributed by atoms with van der Waals surface area (Å²) in [7, 11) is 6.25. The van der Waals surface area contributed by atoms with Gasteiger partial charge in [-0.05, 0) is 47.8 Å². The molecule has 1 aromatic heterocycles. The molecule has 0 atom stereocenters. The van der Waals surface area contributed by atoms with Crippen LogP contribution in [0.3, 0.4) is 0 Å². The van der Waals surface area contributed by atoms with Crippen LogP contribution in [-0.2, 0) is 0 Å². The molecule has 1 N–H and O–H groups in total. The largest absolute Gasteiger partial charge is 0.544 e. The smallest absolute Gasteiger partial charge is 0.0859 e. The van der Waals surface area contributed by atoms with Crippen LogP contribution in [0, 0.1) is 0 Å². The summed E-state index contributed by atoms with van der Waals surface area (Å²) in [5.41, 5.74) is 0. The first kappa shape index (κ1) is 15.6. The molecular weight excluding hydrogens is 414 g/mol. The second-order valence-electron chi connectivity index (χ2n) is 3.12. The number of carbonyl (C=O) groups is 1. The predicted octanol–water partition coefficient (Wildman–Crippen LogP) is 1.16. The molecule has 0 bridgehead atoms. The van der Waals surface area contributed by atoms with Gasteiger partial charge >= 0.3 is 0 Å². The van der Waals surface area contributed by atoms with Crippen molar-refractivity contribution in [3.8, 4) is 0 Å². The first-order valence-electron chi connectivity index (χ1n) is 3.88. The number of thiophene rings is 1. The van der Waals surface area contributed by atoms with Crippen LogP contribution < -0.4 is 10.0 Å². The summed E-state index contributed by atoms with van der Waals surface area (Å²) < 4.78 is 1.97. The van der Waals surface area contributed by atoms with Gasteiger partial charge in [-0.3, -0.25) is 0 Å². The lowest BCUT2D eigenvalue weighted by atomic mass is 10.5. The van der Waals surface area contributed by atoms with Crippen molar-refractivity contribution in [1.82, 2.24) is 0 Å². The fraction of sp³-hybridized carbons (Fsp3) is 0.375. The quantitative estimate of drug-likeness (QED) is 0.736. The monoisotopic (exact) mass is 421 g/mol. The maximum absolute atomic E-state index is 10.4. The zero-order chi connectivity index (χ0) is 12.2. The van der Waals surface area contributed by atoms with Crippen molar-refractivity contribution < 1.29 is 14.8 Å². The molecule has 15 heavy (non-hydrogen) atoms. The number of carbonyl (C=O) groups excluding carboxylic acids is 1. The highest BCUT2D eigenvalue weighted by molar-refractivity contribution is 9.14. The van der Waals surface area contributed by atoms with Crippen LogP contribution in [0.1, 0.15) is 9.67 Å². The average Bonchev–Trinajstić information content (AvgIpc) is 2.32. The number of hydrogen-bond donors (Lipinski definition) is 1. The summed E-state index contributed by atoms with van der Waals surface area (Å²) in [6.45, 7) is 0. The molecule has 0 fully saturated rings. The van der Waals surface area contributed by atoms with Gasteiger partial charge in [0.15, 0.2) is 0 Å². The van der Waals surface area contributed by atoms with Crippen LogP contribution in [-0.4, -0.2) is 27.1 Å². The maximum Gasteiger partial charge on any atom is 0.0859 e. The van der Waals surface area contributed by atoms with E-state index in [9.17, 15) is 9.90 Å². The summed E-state index contributed by atoms with van der Waals surface area (Å²) in [6.07, 6.45) is 0. The van der Waals surface area contributed by atoms with Crippen molar-refractivity contribution >= 4 is 65.1 Å². The zero-order valence-electron chi connectivity index (χ0n) is 8.36. The van der Waals surface area contributed by atoms with E-state index in [1.807, 2.05) is 0 Å². The normalized spacial score (nSPS) is 9.80. The van der Waals surface area contributed by atoms with Gasteiger partial charge in [0.2, 0.25) is 0 Å². The number of carboxylic acid groups (broad SMARTS) is 1. The molecule has 0 saturated heterocycles. The molecule has 0 saturated carbocycles. The minimum absolute atomic E-state index is 0.184. The highest BCUT2D eigenvalue weighted by atomic mass is 79.9. The average molecular weight is 424 g/mol. The van der Waals surface area contributed by atoms with E-state index in [2.05, 4.69) is 68.9 Å². The van der Waals surface area contributed by atoms with E-state index >= 15 is 0 Å². The number of halogens is 3. The van der Waals surface area contributed by atoms with Crippen molar-refractivity contribution in [2.45, 2.75) is 0 Å². The third kappa shape index (κ3) is 5.44. The first-order chi connectivity index (χ1) is 6.77. The van der Waals surface area contributed by atoms with E-state index in [1.54, 1.807) is 0 Å². The van der Waals surface area contributed by atoms with Crippen molar-refractivity contribution in [2.75, 3.05) is 21.1 Å². The van der Waals surface area contributed by atoms with Crippen molar-refractivity contribution in [2.24, 2.45) is 0 Å². The molecule has 0 aromatic carbocycles. The maximum atomic E-state index is 10.4. The number of aromatic carboxylic acids is 1. The second-order valence-corrected chi connectivity index (χ2v) is 7.04. The Labute approximate surface area is 118 Å². The number of rotatable bonds is 1. The Morgan fingerprint density at radius 3 is 1.73 bits per heavy atom. The Morgan fingerprint density at radius 1 is 1.20 bits per heavy atom. The minimum atomic E-state index is -1.17. The Kier molecular flexibility index (Phi) is 7.27. The molecule has 0 aliphatic rings. The van der Waals surface area contributed by atoms with E-state index < -0.39 is 5.97 Å². The fourth-order valence-corrected chi connectivity index (χ4v) is 3.40. The van der Waals surface area contributed by atoms with Crippen LogP contribution in [0.4, 0.5) is 0 Å². The van der Waals surface area contributed by atoms with E-state index in [4.69, 9.17) is 0 Å². The fourth-order valence-electron chi connectivity index (χ4n) is 0.496. The molecule has 3 nitrogen and oxygen atoms in total. The molecule has 0 spiro atoms. The summed E-state index contributed by atoms with van der Waals surface area (Å²) in [5.74, 6) is -1.17. The van der Waals surface area contributed by atoms with E-state index in [0.717, 1.165) is 15.1 Å². The van der Waals surface area contributed by atoms with Crippen LogP contribution in [0.15, 0.2) is 12.7 Å². The van der Waals surface area contributed by atoms with Crippen LogP contribution in [0.25, 0.3) is 0 Å². The van der Waals surface area contributed by atoms with Gasteiger partial charge < -0.3 is 14.8 Å². The molecule has 86 valence electrons. The highest BCUT2D eigenvalue weighted by Gasteiger charge is 2.12. The van der Waals surface area contributed by atoms with Crippen LogP contribution in [0.2, 0.25) is 0 Å². The lowest BCUT2D eigenvalue weighted by Crippen LogP contribution is -3.02. The Bertz CT molecular complexity index is 349. The zero-order valence-corrected chi connectivity index (χ0v) is 13.9. The molecule has 1 rings (SSSR count). The second kappa shape index (κ2) is 7.01. The third-order valence-corrected chi connectivity index (χ3v) is 5.96. The van der Waals surface area contributed by atoms with Crippen molar-refractivity contribution in [3.63, 3.8) is 0 Å². The molecule has 0 radical (unpaired) electrons.